The predicted octanol–water partition coefficient (Wildman–Crippen LogP) is 0.197. The van der Waals surface area contributed by atoms with Crippen LogP contribution in [0.25, 0.3) is 0 Å². The molecule has 0 aliphatic carbocycles. The number of aliphatic carboxylic acids is 1. The third kappa shape index (κ3) is 3.87. The van der Waals surface area contributed by atoms with Crippen molar-refractivity contribution in [2.45, 2.75) is 6.92 Å². The molecule has 5 heteroatoms. The van der Waals surface area contributed by atoms with E-state index in [1.807, 2.05) is 0 Å². The first kappa shape index (κ1) is 8.32. The van der Waals surface area contributed by atoms with Crippen LogP contribution in [-0.4, -0.2) is 19.8 Å². The standard InChI is InChI=1S/C4H6O4S/c1-3(4(5)6)2-9(7)8/h2H,1H3,(H,5,6)(H,7,8). The lowest BCUT2D eigenvalue weighted by Gasteiger charge is -1.86. The smallest absolute Gasteiger partial charge is 0.331 e. The van der Waals surface area contributed by atoms with Crippen LogP contribution < -0.4 is 0 Å². The summed E-state index contributed by atoms with van der Waals surface area (Å²) in [6.45, 7) is 1.25. The van der Waals surface area contributed by atoms with Gasteiger partial charge in [-0.25, -0.2) is 9.00 Å². The van der Waals surface area contributed by atoms with E-state index in [0.717, 1.165) is 5.41 Å². The van der Waals surface area contributed by atoms with Gasteiger partial charge < -0.3 is 9.66 Å². The van der Waals surface area contributed by atoms with E-state index in [-0.39, 0.29) is 5.57 Å². The molecule has 0 heterocycles. The number of carbonyl (C=O) groups is 1. The molecule has 0 saturated heterocycles. The molecule has 0 amide bonds. The van der Waals surface area contributed by atoms with Crippen molar-refractivity contribution in [3.8, 4) is 0 Å². The molecular formula is C4H6O4S. The summed E-state index contributed by atoms with van der Waals surface area (Å²) in [6.07, 6.45) is 0. The second-order valence-electron chi connectivity index (χ2n) is 1.38. The fourth-order valence-corrected chi connectivity index (χ4v) is 0.605. The zero-order valence-corrected chi connectivity index (χ0v) is 5.51. The van der Waals surface area contributed by atoms with E-state index in [1.165, 1.54) is 6.92 Å². The maximum Gasteiger partial charge on any atom is 0.331 e. The fourth-order valence-electron chi connectivity index (χ4n) is 0.202. The van der Waals surface area contributed by atoms with Crippen molar-refractivity contribution in [1.82, 2.24) is 0 Å². The van der Waals surface area contributed by atoms with E-state index in [0.29, 0.717) is 0 Å². The quantitative estimate of drug-likeness (QED) is 0.435. The molecular weight excluding hydrogens is 144 g/mol. The molecule has 1 unspecified atom stereocenters. The van der Waals surface area contributed by atoms with Crippen molar-refractivity contribution in [3.05, 3.63) is 11.0 Å². The van der Waals surface area contributed by atoms with Gasteiger partial charge >= 0.3 is 5.97 Å². The fraction of sp³-hybridized carbons (Fsp3) is 0.250. The van der Waals surface area contributed by atoms with Gasteiger partial charge in [-0.05, 0) is 6.92 Å². The first-order valence-electron chi connectivity index (χ1n) is 2.05. The highest BCUT2D eigenvalue weighted by molar-refractivity contribution is 7.82. The molecule has 0 aliphatic heterocycles. The van der Waals surface area contributed by atoms with Crippen LogP contribution in [-0.2, 0) is 15.9 Å². The molecule has 0 aromatic rings. The normalized spacial score (nSPS) is 15.1. The van der Waals surface area contributed by atoms with E-state index in [9.17, 15) is 9.00 Å². The monoisotopic (exact) mass is 150 g/mol. The van der Waals surface area contributed by atoms with Crippen LogP contribution in [0.4, 0.5) is 0 Å². The molecule has 0 rings (SSSR count). The van der Waals surface area contributed by atoms with Crippen molar-refractivity contribution in [2.24, 2.45) is 0 Å². The number of hydrogen-bond acceptors (Lipinski definition) is 2. The van der Waals surface area contributed by atoms with Gasteiger partial charge in [0.15, 0.2) is 11.1 Å². The average Bonchev–Trinajstić information content (AvgIpc) is 1.63. The molecule has 0 saturated carbocycles. The minimum Gasteiger partial charge on any atom is -0.478 e. The van der Waals surface area contributed by atoms with Crippen LogP contribution >= 0.6 is 0 Å². The maximum absolute atomic E-state index is 9.92. The second-order valence-corrected chi connectivity index (χ2v) is 2.17. The number of carboxylic acid groups (broad SMARTS) is 1. The molecule has 0 radical (unpaired) electrons. The predicted molar refractivity (Wildman–Crippen MR) is 32.2 cm³/mol. The van der Waals surface area contributed by atoms with Gasteiger partial charge in [0.05, 0.1) is 0 Å². The van der Waals surface area contributed by atoms with Gasteiger partial charge in [-0.1, -0.05) is 0 Å². The van der Waals surface area contributed by atoms with Gasteiger partial charge in [-0.15, -0.1) is 0 Å². The summed E-state index contributed by atoms with van der Waals surface area (Å²) in [6, 6.07) is 0. The van der Waals surface area contributed by atoms with Crippen molar-refractivity contribution < 1.29 is 18.7 Å². The Labute approximate surface area is 54.5 Å². The Morgan fingerprint density at radius 3 is 2.22 bits per heavy atom. The Balaban J connectivity index is 4.17. The van der Waals surface area contributed by atoms with E-state index < -0.39 is 17.0 Å². The lowest BCUT2D eigenvalue weighted by molar-refractivity contribution is -0.132. The van der Waals surface area contributed by atoms with Crippen LogP contribution in [0.1, 0.15) is 6.92 Å². The molecule has 4 nitrogen and oxygen atoms in total. The summed E-state index contributed by atoms with van der Waals surface area (Å²) < 4.78 is 18.0. The van der Waals surface area contributed by atoms with Gasteiger partial charge in [0.1, 0.15) is 0 Å². The molecule has 0 aliphatic rings. The third-order valence-electron chi connectivity index (χ3n) is 0.615. The molecule has 0 aromatic heterocycles. The number of rotatable bonds is 2. The molecule has 0 aromatic carbocycles. The zero-order chi connectivity index (χ0) is 7.44. The van der Waals surface area contributed by atoms with Crippen molar-refractivity contribution in [1.29, 1.82) is 0 Å². The van der Waals surface area contributed by atoms with Crippen molar-refractivity contribution in [3.63, 3.8) is 0 Å². The molecule has 2 N–H and O–H groups in total. The molecule has 0 bridgehead atoms. The summed E-state index contributed by atoms with van der Waals surface area (Å²) in [7, 11) is 0. The first-order chi connectivity index (χ1) is 4.04. The molecule has 0 fully saturated rings. The van der Waals surface area contributed by atoms with E-state index in [2.05, 4.69) is 0 Å². The Morgan fingerprint density at radius 1 is 1.67 bits per heavy atom. The minimum absolute atomic E-state index is 0.129. The van der Waals surface area contributed by atoms with Crippen LogP contribution in [0.5, 0.6) is 0 Å². The molecule has 9 heavy (non-hydrogen) atoms. The maximum atomic E-state index is 9.92. The summed E-state index contributed by atoms with van der Waals surface area (Å²) >= 11 is -2.16. The minimum atomic E-state index is -2.16. The summed E-state index contributed by atoms with van der Waals surface area (Å²) in [4.78, 5) is 9.92. The van der Waals surface area contributed by atoms with Gasteiger partial charge in [-0.3, -0.25) is 0 Å². The molecule has 1 atom stereocenters. The summed E-state index contributed by atoms with van der Waals surface area (Å²) in [5, 5.41) is 8.87. The van der Waals surface area contributed by atoms with Gasteiger partial charge in [0.25, 0.3) is 0 Å². The van der Waals surface area contributed by atoms with Crippen LogP contribution in [0, 0.1) is 0 Å². The lowest BCUT2D eigenvalue weighted by Crippen LogP contribution is -1.97. The third-order valence-corrected chi connectivity index (χ3v) is 1.17. The second kappa shape index (κ2) is 3.37. The Hall–Kier alpha value is -0.680. The van der Waals surface area contributed by atoms with Crippen LogP contribution in [0.15, 0.2) is 11.0 Å². The van der Waals surface area contributed by atoms with Gasteiger partial charge in [-0.2, -0.15) is 0 Å². The SMILES string of the molecule is CC(=CS(=O)O)C(=O)O. The van der Waals surface area contributed by atoms with E-state index in [4.69, 9.17) is 9.66 Å². The van der Waals surface area contributed by atoms with Gasteiger partial charge in [0.2, 0.25) is 0 Å². The summed E-state index contributed by atoms with van der Waals surface area (Å²) in [5.41, 5.74) is -0.129. The molecule has 0 spiro atoms. The van der Waals surface area contributed by atoms with Crippen LogP contribution in [0.2, 0.25) is 0 Å². The summed E-state index contributed by atoms with van der Waals surface area (Å²) in [5.74, 6) is -1.18. The number of carboxylic acids is 1. The van der Waals surface area contributed by atoms with Crippen LogP contribution in [0.3, 0.4) is 0 Å². The Kier molecular flexibility index (Phi) is 3.11. The van der Waals surface area contributed by atoms with E-state index in [1.54, 1.807) is 0 Å². The largest absolute Gasteiger partial charge is 0.478 e. The van der Waals surface area contributed by atoms with Crippen molar-refractivity contribution >= 4 is 17.0 Å². The first-order valence-corrected chi connectivity index (χ1v) is 3.22. The average molecular weight is 150 g/mol. The van der Waals surface area contributed by atoms with Gasteiger partial charge in [0, 0.05) is 11.0 Å². The number of hydrogen-bond donors (Lipinski definition) is 2. The molecule has 52 valence electrons. The Bertz CT molecular complexity index is 171. The topological polar surface area (TPSA) is 74.6 Å². The van der Waals surface area contributed by atoms with E-state index >= 15 is 0 Å². The highest BCUT2D eigenvalue weighted by Gasteiger charge is 1.99. The Morgan fingerprint density at radius 2 is 2.11 bits per heavy atom. The lowest BCUT2D eigenvalue weighted by atomic mass is 10.4. The van der Waals surface area contributed by atoms with Crippen molar-refractivity contribution in [2.75, 3.05) is 0 Å². The zero-order valence-electron chi connectivity index (χ0n) is 4.70. The highest BCUT2D eigenvalue weighted by Crippen LogP contribution is 1.92. The highest BCUT2D eigenvalue weighted by atomic mass is 32.2.